The molecule has 0 saturated heterocycles. The maximum atomic E-state index is 12.3. The molecule has 0 unspecified atom stereocenters. The fraction of sp³-hybridized carbons (Fsp3) is 0.111. The molecule has 0 fully saturated rings. The average Bonchev–Trinajstić information content (AvgIpc) is 2.53. The summed E-state index contributed by atoms with van der Waals surface area (Å²) in [5.74, 6) is -0.315. The molecule has 0 N–H and O–H groups in total. The van der Waals surface area contributed by atoms with Crippen LogP contribution < -0.4 is 0 Å². The standard InChI is InChI=1S/C18H14INO2/c1-12-7-14-8-15(9-16(19)17(14)20-10-12)18(21)22-11-13-5-3-2-4-6-13/h2-10H,11H2,1H3. The van der Waals surface area contributed by atoms with Crippen LogP contribution in [0.1, 0.15) is 21.5 Å². The van der Waals surface area contributed by atoms with E-state index in [1.54, 1.807) is 0 Å². The van der Waals surface area contributed by atoms with Crippen LogP contribution in [0.4, 0.5) is 0 Å². The lowest BCUT2D eigenvalue weighted by Crippen LogP contribution is -2.06. The summed E-state index contributed by atoms with van der Waals surface area (Å²) in [7, 11) is 0. The van der Waals surface area contributed by atoms with Crippen molar-refractivity contribution in [3.05, 3.63) is 75.0 Å². The third kappa shape index (κ3) is 3.27. The molecular formula is C18H14INO2. The molecule has 0 bridgehead atoms. The van der Waals surface area contributed by atoms with Crippen LogP contribution in [-0.2, 0) is 11.3 Å². The summed E-state index contributed by atoms with van der Waals surface area (Å²) in [6.07, 6.45) is 1.83. The number of esters is 1. The normalized spacial score (nSPS) is 10.6. The molecule has 4 heteroatoms. The van der Waals surface area contributed by atoms with Gasteiger partial charge >= 0.3 is 5.97 Å². The molecule has 3 nitrogen and oxygen atoms in total. The molecule has 1 heterocycles. The number of ether oxygens (including phenoxy) is 1. The minimum absolute atomic E-state index is 0.278. The number of carbonyl (C=O) groups excluding carboxylic acids is 1. The summed E-state index contributed by atoms with van der Waals surface area (Å²) >= 11 is 2.20. The number of aryl methyl sites for hydroxylation is 1. The van der Waals surface area contributed by atoms with E-state index in [1.807, 2.05) is 61.7 Å². The van der Waals surface area contributed by atoms with E-state index < -0.39 is 0 Å². The van der Waals surface area contributed by atoms with Crippen molar-refractivity contribution < 1.29 is 9.53 Å². The van der Waals surface area contributed by atoms with E-state index in [4.69, 9.17) is 4.74 Å². The molecule has 0 spiro atoms. The Morgan fingerprint density at radius 2 is 1.95 bits per heavy atom. The van der Waals surface area contributed by atoms with Crippen LogP contribution >= 0.6 is 22.6 Å². The predicted octanol–water partition coefficient (Wildman–Crippen LogP) is 4.50. The minimum Gasteiger partial charge on any atom is -0.457 e. The Morgan fingerprint density at radius 1 is 1.18 bits per heavy atom. The second-order valence-electron chi connectivity index (χ2n) is 5.10. The van der Waals surface area contributed by atoms with Gasteiger partial charge in [-0.2, -0.15) is 0 Å². The quantitative estimate of drug-likeness (QED) is 0.478. The molecule has 0 aliphatic carbocycles. The number of rotatable bonds is 3. The highest BCUT2D eigenvalue weighted by Crippen LogP contribution is 2.22. The summed E-state index contributed by atoms with van der Waals surface area (Å²) in [5.41, 5.74) is 3.51. The van der Waals surface area contributed by atoms with Crippen LogP contribution in [0.25, 0.3) is 10.9 Å². The van der Waals surface area contributed by atoms with Crippen molar-refractivity contribution in [3.8, 4) is 0 Å². The van der Waals surface area contributed by atoms with Crippen LogP contribution in [0.5, 0.6) is 0 Å². The maximum absolute atomic E-state index is 12.3. The highest BCUT2D eigenvalue weighted by Gasteiger charge is 2.11. The van der Waals surface area contributed by atoms with E-state index in [0.717, 1.165) is 25.6 Å². The summed E-state index contributed by atoms with van der Waals surface area (Å²) < 4.78 is 6.33. The lowest BCUT2D eigenvalue weighted by atomic mass is 10.1. The summed E-state index contributed by atoms with van der Waals surface area (Å²) in [6, 6.07) is 15.3. The first-order valence-corrected chi connectivity index (χ1v) is 7.98. The highest BCUT2D eigenvalue weighted by atomic mass is 127. The SMILES string of the molecule is Cc1cnc2c(I)cc(C(=O)OCc3ccccc3)cc2c1. The van der Waals surface area contributed by atoms with Gasteiger partial charge in [0.1, 0.15) is 6.61 Å². The van der Waals surface area contributed by atoms with Crippen molar-refractivity contribution in [1.82, 2.24) is 4.98 Å². The Labute approximate surface area is 142 Å². The van der Waals surface area contributed by atoms with Crippen LogP contribution in [-0.4, -0.2) is 11.0 Å². The monoisotopic (exact) mass is 403 g/mol. The zero-order valence-corrected chi connectivity index (χ0v) is 14.2. The zero-order chi connectivity index (χ0) is 15.5. The molecule has 2 aromatic carbocycles. The molecule has 0 saturated carbocycles. The highest BCUT2D eigenvalue weighted by molar-refractivity contribution is 14.1. The smallest absolute Gasteiger partial charge is 0.338 e. The first-order chi connectivity index (χ1) is 10.6. The molecule has 0 atom stereocenters. The van der Waals surface area contributed by atoms with E-state index in [-0.39, 0.29) is 12.6 Å². The van der Waals surface area contributed by atoms with Crippen LogP contribution in [0.3, 0.4) is 0 Å². The number of hydrogen-bond donors (Lipinski definition) is 0. The van der Waals surface area contributed by atoms with Crippen molar-refractivity contribution in [2.45, 2.75) is 13.5 Å². The van der Waals surface area contributed by atoms with Crippen LogP contribution in [0.2, 0.25) is 0 Å². The number of pyridine rings is 1. The summed E-state index contributed by atoms with van der Waals surface area (Å²) in [5, 5.41) is 0.957. The van der Waals surface area contributed by atoms with Crippen LogP contribution in [0, 0.1) is 10.5 Å². The van der Waals surface area contributed by atoms with Gasteiger partial charge in [-0.05, 0) is 58.8 Å². The van der Waals surface area contributed by atoms with Gasteiger partial charge in [0.2, 0.25) is 0 Å². The summed E-state index contributed by atoms with van der Waals surface area (Å²) in [4.78, 5) is 16.7. The molecule has 3 rings (SSSR count). The second kappa shape index (κ2) is 6.44. The van der Waals surface area contributed by atoms with Crippen molar-refractivity contribution in [1.29, 1.82) is 0 Å². The van der Waals surface area contributed by atoms with Crippen LogP contribution in [0.15, 0.2) is 54.7 Å². The lowest BCUT2D eigenvalue weighted by Gasteiger charge is -2.07. The Morgan fingerprint density at radius 3 is 2.73 bits per heavy atom. The van der Waals surface area contributed by atoms with Crippen molar-refractivity contribution in [2.75, 3.05) is 0 Å². The number of aromatic nitrogens is 1. The predicted molar refractivity (Wildman–Crippen MR) is 94.8 cm³/mol. The second-order valence-corrected chi connectivity index (χ2v) is 6.27. The van der Waals surface area contributed by atoms with E-state index in [2.05, 4.69) is 27.6 Å². The number of halogens is 1. The van der Waals surface area contributed by atoms with Gasteiger partial charge in [-0.3, -0.25) is 4.98 Å². The Balaban J connectivity index is 1.84. The first kappa shape index (κ1) is 15.0. The van der Waals surface area contributed by atoms with Gasteiger partial charge in [-0.25, -0.2) is 4.79 Å². The van der Waals surface area contributed by atoms with Gasteiger partial charge in [0, 0.05) is 15.2 Å². The van der Waals surface area contributed by atoms with Crippen molar-refractivity contribution in [2.24, 2.45) is 0 Å². The third-order valence-corrected chi connectivity index (χ3v) is 4.14. The molecule has 22 heavy (non-hydrogen) atoms. The molecule has 3 aromatic rings. The number of carbonyl (C=O) groups is 1. The first-order valence-electron chi connectivity index (χ1n) is 6.90. The van der Waals surface area contributed by atoms with E-state index in [0.29, 0.717) is 5.56 Å². The largest absolute Gasteiger partial charge is 0.457 e. The number of nitrogens with zero attached hydrogens (tertiary/aromatic N) is 1. The topological polar surface area (TPSA) is 39.2 Å². The minimum atomic E-state index is -0.315. The van der Waals surface area contributed by atoms with Gasteiger partial charge in [0.05, 0.1) is 11.1 Å². The van der Waals surface area contributed by atoms with E-state index >= 15 is 0 Å². The Hall–Kier alpha value is -1.95. The lowest BCUT2D eigenvalue weighted by molar-refractivity contribution is 0.0473. The van der Waals surface area contributed by atoms with Gasteiger partial charge < -0.3 is 4.74 Å². The number of benzene rings is 2. The van der Waals surface area contributed by atoms with Gasteiger partial charge in [0.25, 0.3) is 0 Å². The number of fused-ring (bicyclic) bond motifs is 1. The molecule has 1 aromatic heterocycles. The Kier molecular flexibility index (Phi) is 4.38. The molecular weight excluding hydrogens is 389 g/mol. The molecule has 110 valence electrons. The number of hydrogen-bond acceptors (Lipinski definition) is 3. The fourth-order valence-corrected chi connectivity index (χ4v) is 3.03. The van der Waals surface area contributed by atoms with Gasteiger partial charge in [0.15, 0.2) is 0 Å². The van der Waals surface area contributed by atoms with Gasteiger partial charge in [-0.15, -0.1) is 0 Å². The molecule has 0 aliphatic rings. The molecule has 0 radical (unpaired) electrons. The third-order valence-electron chi connectivity index (χ3n) is 3.32. The van der Waals surface area contributed by atoms with E-state index in [1.165, 1.54) is 0 Å². The van der Waals surface area contributed by atoms with Gasteiger partial charge in [-0.1, -0.05) is 30.3 Å². The Bertz CT molecular complexity index is 831. The van der Waals surface area contributed by atoms with Crippen molar-refractivity contribution in [3.63, 3.8) is 0 Å². The molecule has 0 aliphatic heterocycles. The maximum Gasteiger partial charge on any atom is 0.338 e. The zero-order valence-electron chi connectivity index (χ0n) is 12.0. The molecule has 0 amide bonds. The fourth-order valence-electron chi connectivity index (χ4n) is 2.24. The van der Waals surface area contributed by atoms with Crippen molar-refractivity contribution >= 4 is 39.5 Å². The average molecular weight is 403 g/mol. The van der Waals surface area contributed by atoms with E-state index in [9.17, 15) is 4.79 Å². The summed E-state index contributed by atoms with van der Waals surface area (Å²) in [6.45, 7) is 2.26.